The lowest BCUT2D eigenvalue weighted by Crippen LogP contribution is -2.55. The van der Waals surface area contributed by atoms with Crippen molar-refractivity contribution in [3.8, 4) is 0 Å². The quantitative estimate of drug-likeness (QED) is 0.889. The van der Waals surface area contributed by atoms with Crippen LogP contribution in [0, 0.1) is 6.92 Å². The number of halogens is 1. The van der Waals surface area contributed by atoms with E-state index in [9.17, 15) is 9.90 Å². The normalized spacial score (nSPS) is 21.1. The van der Waals surface area contributed by atoms with Gasteiger partial charge in [0.25, 0.3) is 0 Å². The molecule has 0 aliphatic carbocycles. The number of aliphatic carboxylic acids is 1. The highest BCUT2D eigenvalue weighted by Crippen LogP contribution is 2.26. The lowest BCUT2D eigenvalue weighted by atomic mass is 10.1. The van der Waals surface area contributed by atoms with Crippen molar-refractivity contribution in [2.75, 3.05) is 31.6 Å². The minimum absolute atomic E-state index is 0.461. The Morgan fingerprint density at radius 1 is 1.44 bits per heavy atom. The lowest BCUT2D eigenvalue weighted by molar-refractivity contribution is -0.142. The molecular formula is C13H17ClN2O2. The summed E-state index contributed by atoms with van der Waals surface area (Å²) >= 11 is 6.01. The van der Waals surface area contributed by atoms with Gasteiger partial charge in [0.1, 0.15) is 6.04 Å². The van der Waals surface area contributed by atoms with Crippen LogP contribution in [0.3, 0.4) is 0 Å². The van der Waals surface area contributed by atoms with Crippen LogP contribution >= 0.6 is 11.6 Å². The van der Waals surface area contributed by atoms with E-state index in [4.69, 9.17) is 11.6 Å². The summed E-state index contributed by atoms with van der Waals surface area (Å²) in [4.78, 5) is 15.2. The monoisotopic (exact) mass is 268 g/mol. The van der Waals surface area contributed by atoms with Crippen LogP contribution in [-0.4, -0.2) is 48.7 Å². The first-order chi connectivity index (χ1) is 8.49. The molecule has 5 heteroatoms. The van der Waals surface area contributed by atoms with E-state index in [0.717, 1.165) is 24.3 Å². The summed E-state index contributed by atoms with van der Waals surface area (Å²) in [6.45, 7) is 4.07. The molecule has 1 unspecified atom stereocenters. The second kappa shape index (κ2) is 5.16. The summed E-state index contributed by atoms with van der Waals surface area (Å²) in [7, 11) is 1.85. The maximum atomic E-state index is 11.2. The number of likely N-dealkylation sites (N-methyl/N-ethyl adjacent to an activating group) is 1. The van der Waals surface area contributed by atoms with Gasteiger partial charge in [-0.25, -0.2) is 0 Å². The molecule has 1 N–H and O–H groups in total. The highest BCUT2D eigenvalue weighted by atomic mass is 35.5. The second-order valence-corrected chi connectivity index (χ2v) is 5.15. The first kappa shape index (κ1) is 13.2. The number of nitrogens with zero attached hydrogens (tertiary/aromatic N) is 2. The molecule has 1 heterocycles. The van der Waals surface area contributed by atoms with Gasteiger partial charge in [0.05, 0.1) is 0 Å². The maximum absolute atomic E-state index is 11.2. The average molecular weight is 269 g/mol. The topological polar surface area (TPSA) is 43.8 Å². The van der Waals surface area contributed by atoms with Gasteiger partial charge in [-0.15, -0.1) is 0 Å². The molecule has 0 spiro atoms. The first-order valence-corrected chi connectivity index (χ1v) is 6.31. The number of carboxylic acids is 1. The summed E-state index contributed by atoms with van der Waals surface area (Å²) in [6.07, 6.45) is 0. The molecule has 0 bridgehead atoms. The Bertz CT molecular complexity index is 464. The molecule has 0 aromatic heterocycles. The van der Waals surface area contributed by atoms with Gasteiger partial charge < -0.3 is 10.0 Å². The smallest absolute Gasteiger partial charge is 0.322 e. The van der Waals surface area contributed by atoms with Crippen molar-refractivity contribution in [3.05, 3.63) is 28.8 Å². The molecule has 0 saturated carbocycles. The molecular weight excluding hydrogens is 252 g/mol. The van der Waals surface area contributed by atoms with Crippen molar-refractivity contribution >= 4 is 23.3 Å². The maximum Gasteiger partial charge on any atom is 0.322 e. The van der Waals surface area contributed by atoms with E-state index < -0.39 is 12.0 Å². The molecule has 4 nitrogen and oxygen atoms in total. The van der Waals surface area contributed by atoms with Gasteiger partial charge in [0, 0.05) is 30.3 Å². The summed E-state index contributed by atoms with van der Waals surface area (Å²) in [5.74, 6) is -0.776. The number of piperazine rings is 1. The number of carboxylic acid groups (broad SMARTS) is 1. The van der Waals surface area contributed by atoms with E-state index in [2.05, 4.69) is 4.90 Å². The molecule has 98 valence electrons. The molecule has 1 aliphatic rings. The Morgan fingerprint density at radius 3 is 2.83 bits per heavy atom. The number of hydrogen-bond acceptors (Lipinski definition) is 3. The third kappa shape index (κ3) is 2.60. The van der Waals surface area contributed by atoms with Crippen molar-refractivity contribution in [1.29, 1.82) is 0 Å². The van der Waals surface area contributed by atoms with E-state index in [0.29, 0.717) is 11.6 Å². The molecule has 2 rings (SSSR count). The zero-order chi connectivity index (χ0) is 13.3. The predicted molar refractivity (Wildman–Crippen MR) is 72.5 cm³/mol. The van der Waals surface area contributed by atoms with Gasteiger partial charge in [-0.1, -0.05) is 17.7 Å². The van der Waals surface area contributed by atoms with E-state index in [1.54, 1.807) is 0 Å². The van der Waals surface area contributed by atoms with Crippen LogP contribution in [0.15, 0.2) is 18.2 Å². The van der Waals surface area contributed by atoms with Crippen molar-refractivity contribution < 1.29 is 9.90 Å². The van der Waals surface area contributed by atoms with Crippen molar-refractivity contribution in [2.45, 2.75) is 13.0 Å². The van der Waals surface area contributed by atoms with Crippen LogP contribution in [0.25, 0.3) is 0 Å². The molecule has 1 fully saturated rings. The minimum Gasteiger partial charge on any atom is -0.480 e. The van der Waals surface area contributed by atoms with Crippen molar-refractivity contribution in [1.82, 2.24) is 4.90 Å². The fourth-order valence-electron chi connectivity index (χ4n) is 2.28. The van der Waals surface area contributed by atoms with Gasteiger partial charge in [0.2, 0.25) is 0 Å². The lowest BCUT2D eigenvalue weighted by Gasteiger charge is -2.39. The Labute approximate surface area is 112 Å². The standard InChI is InChI=1S/C13H17ClN2O2/c1-9-3-4-10(14)7-11(9)16-6-5-15(2)12(8-16)13(17)18/h3-4,7,12H,5-6,8H2,1-2H3,(H,17,18). The first-order valence-electron chi connectivity index (χ1n) is 5.93. The van der Waals surface area contributed by atoms with Gasteiger partial charge in [-0.2, -0.15) is 0 Å². The van der Waals surface area contributed by atoms with Gasteiger partial charge in [-0.3, -0.25) is 9.69 Å². The van der Waals surface area contributed by atoms with E-state index in [1.807, 2.05) is 37.1 Å². The number of hydrogen-bond donors (Lipinski definition) is 1. The Kier molecular flexibility index (Phi) is 3.78. The van der Waals surface area contributed by atoms with Crippen molar-refractivity contribution in [2.24, 2.45) is 0 Å². The number of rotatable bonds is 2. The highest BCUT2D eigenvalue weighted by Gasteiger charge is 2.30. The average Bonchev–Trinajstić information content (AvgIpc) is 2.33. The highest BCUT2D eigenvalue weighted by molar-refractivity contribution is 6.30. The number of aryl methyl sites for hydroxylation is 1. The molecule has 18 heavy (non-hydrogen) atoms. The van der Waals surface area contributed by atoms with E-state index >= 15 is 0 Å². The zero-order valence-electron chi connectivity index (χ0n) is 10.6. The zero-order valence-corrected chi connectivity index (χ0v) is 11.3. The summed E-state index contributed by atoms with van der Waals surface area (Å²) in [5, 5.41) is 9.88. The second-order valence-electron chi connectivity index (χ2n) is 4.71. The molecule has 1 aromatic carbocycles. The number of carbonyl (C=O) groups is 1. The molecule has 1 aliphatic heterocycles. The summed E-state index contributed by atoms with van der Waals surface area (Å²) in [5.41, 5.74) is 2.15. The van der Waals surface area contributed by atoms with Crippen LogP contribution in [0.4, 0.5) is 5.69 Å². The molecule has 0 amide bonds. The minimum atomic E-state index is -0.776. The largest absolute Gasteiger partial charge is 0.480 e. The Hall–Kier alpha value is -1.26. The third-order valence-electron chi connectivity index (χ3n) is 3.44. The summed E-state index contributed by atoms with van der Waals surface area (Å²) in [6, 6.07) is 5.26. The Morgan fingerprint density at radius 2 is 2.17 bits per heavy atom. The molecule has 1 saturated heterocycles. The SMILES string of the molecule is Cc1ccc(Cl)cc1N1CCN(C)C(C(=O)O)C1. The number of anilines is 1. The molecule has 1 aromatic rings. The van der Waals surface area contributed by atoms with Gasteiger partial charge in [0.15, 0.2) is 0 Å². The summed E-state index contributed by atoms with van der Waals surface area (Å²) < 4.78 is 0. The fourth-order valence-corrected chi connectivity index (χ4v) is 2.45. The van der Waals surface area contributed by atoms with Crippen LogP contribution in [0.1, 0.15) is 5.56 Å². The van der Waals surface area contributed by atoms with E-state index in [1.165, 1.54) is 0 Å². The van der Waals surface area contributed by atoms with E-state index in [-0.39, 0.29) is 0 Å². The molecule has 0 radical (unpaired) electrons. The van der Waals surface area contributed by atoms with Crippen LogP contribution in [0.5, 0.6) is 0 Å². The van der Waals surface area contributed by atoms with Gasteiger partial charge >= 0.3 is 5.97 Å². The van der Waals surface area contributed by atoms with Crippen LogP contribution in [-0.2, 0) is 4.79 Å². The third-order valence-corrected chi connectivity index (χ3v) is 3.68. The predicted octanol–water partition coefficient (Wildman–Crippen LogP) is 1.85. The number of benzene rings is 1. The van der Waals surface area contributed by atoms with Crippen LogP contribution < -0.4 is 4.90 Å². The fraction of sp³-hybridized carbons (Fsp3) is 0.462. The van der Waals surface area contributed by atoms with Gasteiger partial charge in [-0.05, 0) is 31.7 Å². The Balaban J connectivity index is 2.24. The van der Waals surface area contributed by atoms with Crippen LogP contribution in [0.2, 0.25) is 5.02 Å². The molecule has 1 atom stereocenters. The van der Waals surface area contributed by atoms with Crippen molar-refractivity contribution in [3.63, 3.8) is 0 Å².